The molecule has 0 radical (unpaired) electrons. The molecule has 0 spiro atoms. The van der Waals surface area contributed by atoms with Crippen LogP contribution in [0.1, 0.15) is 26.7 Å². The normalized spacial score (nSPS) is 22.3. The van der Waals surface area contributed by atoms with E-state index in [9.17, 15) is 0 Å². The Labute approximate surface area is 116 Å². The molecule has 0 aliphatic carbocycles. The summed E-state index contributed by atoms with van der Waals surface area (Å²) in [5.74, 6) is 1.66. The molecule has 1 atom stereocenters. The maximum absolute atomic E-state index is 5.24. The van der Waals surface area contributed by atoms with Gasteiger partial charge in [0.1, 0.15) is 5.75 Å². The zero-order valence-electron chi connectivity index (χ0n) is 12.6. The van der Waals surface area contributed by atoms with E-state index >= 15 is 0 Å². The number of benzene rings is 1. The lowest BCUT2D eigenvalue weighted by molar-refractivity contribution is 0.287. The van der Waals surface area contributed by atoms with E-state index < -0.39 is 0 Å². The van der Waals surface area contributed by atoms with Crippen LogP contribution in [0.5, 0.6) is 5.75 Å². The molecule has 0 aromatic heterocycles. The first-order chi connectivity index (χ1) is 9.06. The van der Waals surface area contributed by atoms with E-state index in [0.29, 0.717) is 0 Å². The van der Waals surface area contributed by atoms with Gasteiger partial charge in [0.15, 0.2) is 0 Å². The molecule has 0 saturated carbocycles. The number of nitrogens with one attached hydrogen (secondary N) is 1. The molecule has 1 aliphatic rings. The van der Waals surface area contributed by atoms with Gasteiger partial charge >= 0.3 is 0 Å². The van der Waals surface area contributed by atoms with Crippen LogP contribution in [0, 0.1) is 5.92 Å². The fraction of sp³-hybridized carbons (Fsp3) is 0.625. The highest BCUT2D eigenvalue weighted by Crippen LogP contribution is 2.35. The molecule has 19 heavy (non-hydrogen) atoms. The van der Waals surface area contributed by atoms with Crippen LogP contribution in [0.25, 0.3) is 0 Å². The zero-order valence-corrected chi connectivity index (χ0v) is 12.6. The van der Waals surface area contributed by atoms with Gasteiger partial charge < -0.3 is 15.0 Å². The second-order valence-corrected chi connectivity index (χ2v) is 6.08. The van der Waals surface area contributed by atoms with Gasteiger partial charge in [0.25, 0.3) is 0 Å². The Kier molecular flexibility index (Phi) is 4.35. The summed E-state index contributed by atoms with van der Waals surface area (Å²) < 4.78 is 5.24. The van der Waals surface area contributed by atoms with E-state index in [1.165, 1.54) is 18.5 Å². The van der Waals surface area contributed by atoms with Gasteiger partial charge in [-0.25, -0.2) is 0 Å². The maximum Gasteiger partial charge on any atom is 0.119 e. The summed E-state index contributed by atoms with van der Waals surface area (Å²) in [6, 6.07) is 8.44. The van der Waals surface area contributed by atoms with Crippen LogP contribution in [0.4, 0.5) is 5.69 Å². The van der Waals surface area contributed by atoms with Crippen molar-refractivity contribution in [1.29, 1.82) is 0 Å². The van der Waals surface area contributed by atoms with Crippen LogP contribution < -0.4 is 15.0 Å². The predicted molar refractivity (Wildman–Crippen MR) is 81.1 cm³/mol. The molecule has 0 amide bonds. The third-order valence-corrected chi connectivity index (χ3v) is 4.21. The molecule has 2 rings (SSSR count). The Hall–Kier alpha value is -1.22. The SMILES string of the molecule is CNCC1CCC(C)(C)N(c2ccc(OC)cc2)C1. The Morgan fingerprint density at radius 3 is 2.58 bits per heavy atom. The molecule has 3 nitrogen and oxygen atoms in total. The molecule has 1 fully saturated rings. The number of anilines is 1. The molecule has 1 N–H and O–H groups in total. The van der Waals surface area contributed by atoms with Crippen molar-refractivity contribution >= 4 is 5.69 Å². The Morgan fingerprint density at radius 2 is 2.00 bits per heavy atom. The van der Waals surface area contributed by atoms with Crippen LogP contribution >= 0.6 is 0 Å². The van der Waals surface area contributed by atoms with Crippen molar-refractivity contribution in [3.8, 4) is 5.75 Å². The van der Waals surface area contributed by atoms with Crippen molar-refractivity contribution in [2.75, 3.05) is 32.1 Å². The highest BCUT2D eigenvalue weighted by molar-refractivity contribution is 5.51. The lowest BCUT2D eigenvalue weighted by Crippen LogP contribution is -2.52. The van der Waals surface area contributed by atoms with Gasteiger partial charge in [-0.05, 0) is 70.5 Å². The number of piperidine rings is 1. The summed E-state index contributed by atoms with van der Waals surface area (Å²) in [4.78, 5) is 2.54. The van der Waals surface area contributed by atoms with Crippen molar-refractivity contribution in [3.63, 3.8) is 0 Å². The molecule has 1 unspecified atom stereocenters. The number of hydrogen-bond donors (Lipinski definition) is 1. The van der Waals surface area contributed by atoms with Gasteiger partial charge in [-0.2, -0.15) is 0 Å². The van der Waals surface area contributed by atoms with Crippen LogP contribution in [0.2, 0.25) is 0 Å². The number of methoxy groups -OCH3 is 1. The van der Waals surface area contributed by atoms with Crippen LogP contribution in [0.3, 0.4) is 0 Å². The smallest absolute Gasteiger partial charge is 0.119 e. The van der Waals surface area contributed by atoms with E-state index in [1.807, 2.05) is 19.2 Å². The van der Waals surface area contributed by atoms with Crippen molar-refractivity contribution in [2.24, 2.45) is 5.92 Å². The average molecular weight is 262 g/mol. The zero-order chi connectivity index (χ0) is 13.9. The molecule has 1 aliphatic heterocycles. The van der Waals surface area contributed by atoms with Gasteiger partial charge in [-0.3, -0.25) is 0 Å². The minimum absolute atomic E-state index is 0.235. The first kappa shape index (κ1) is 14.2. The summed E-state index contributed by atoms with van der Waals surface area (Å²) in [5.41, 5.74) is 1.53. The average Bonchev–Trinajstić information content (AvgIpc) is 2.41. The monoisotopic (exact) mass is 262 g/mol. The summed E-state index contributed by atoms with van der Waals surface area (Å²) in [6.45, 7) is 6.91. The lowest BCUT2D eigenvalue weighted by atomic mass is 9.84. The quantitative estimate of drug-likeness (QED) is 0.903. The van der Waals surface area contributed by atoms with E-state index in [2.05, 4.69) is 36.2 Å². The molecular weight excluding hydrogens is 236 g/mol. The molecule has 1 heterocycles. The molecule has 1 aromatic rings. The summed E-state index contributed by atoms with van der Waals surface area (Å²) in [6.07, 6.45) is 2.55. The van der Waals surface area contributed by atoms with Crippen molar-refractivity contribution in [1.82, 2.24) is 5.32 Å². The second-order valence-electron chi connectivity index (χ2n) is 6.08. The highest BCUT2D eigenvalue weighted by Gasteiger charge is 2.33. The van der Waals surface area contributed by atoms with Gasteiger partial charge in [0.2, 0.25) is 0 Å². The lowest BCUT2D eigenvalue weighted by Gasteiger charge is -2.47. The Balaban J connectivity index is 2.17. The van der Waals surface area contributed by atoms with Crippen LogP contribution in [-0.4, -0.2) is 32.8 Å². The highest BCUT2D eigenvalue weighted by atomic mass is 16.5. The number of hydrogen-bond acceptors (Lipinski definition) is 3. The van der Waals surface area contributed by atoms with Gasteiger partial charge in [-0.15, -0.1) is 0 Å². The van der Waals surface area contributed by atoms with Gasteiger partial charge in [0.05, 0.1) is 7.11 Å². The summed E-state index contributed by atoms with van der Waals surface area (Å²) in [7, 11) is 3.75. The van der Waals surface area contributed by atoms with Crippen LogP contribution in [0.15, 0.2) is 24.3 Å². The molecule has 3 heteroatoms. The minimum Gasteiger partial charge on any atom is -0.497 e. The third-order valence-electron chi connectivity index (χ3n) is 4.21. The molecular formula is C16H26N2O. The van der Waals surface area contributed by atoms with Gasteiger partial charge in [0, 0.05) is 17.8 Å². The van der Waals surface area contributed by atoms with Crippen molar-refractivity contribution in [3.05, 3.63) is 24.3 Å². The number of ether oxygens (including phenoxy) is 1. The van der Waals surface area contributed by atoms with Gasteiger partial charge in [-0.1, -0.05) is 0 Å². The predicted octanol–water partition coefficient (Wildman–Crippen LogP) is 2.91. The van der Waals surface area contributed by atoms with Crippen molar-refractivity contribution < 1.29 is 4.74 Å². The summed E-state index contributed by atoms with van der Waals surface area (Å²) >= 11 is 0. The first-order valence-electron chi connectivity index (χ1n) is 7.13. The third kappa shape index (κ3) is 3.21. The van der Waals surface area contributed by atoms with E-state index in [4.69, 9.17) is 4.74 Å². The van der Waals surface area contributed by atoms with E-state index in [-0.39, 0.29) is 5.54 Å². The van der Waals surface area contributed by atoms with Crippen LogP contribution in [-0.2, 0) is 0 Å². The second kappa shape index (κ2) is 5.83. The first-order valence-corrected chi connectivity index (χ1v) is 7.13. The Bertz CT molecular complexity index is 400. The van der Waals surface area contributed by atoms with E-state index in [1.54, 1.807) is 7.11 Å². The minimum atomic E-state index is 0.235. The topological polar surface area (TPSA) is 24.5 Å². The standard InChI is InChI=1S/C16H26N2O/c1-16(2)10-9-13(11-17-3)12-18(16)14-5-7-15(19-4)8-6-14/h5-8,13,17H,9-12H2,1-4H3. The van der Waals surface area contributed by atoms with E-state index in [0.717, 1.165) is 24.8 Å². The number of nitrogens with zero attached hydrogens (tertiary/aromatic N) is 1. The molecule has 106 valence electrons. The molecule has 0 bridgehead atoms. The molecule has 1 aromatic carbocycles. The summed E-state index contributed by atoms with van der Waals surface area (Å²) in [5, 5.41) is 3.31. The van der Waals surface area contributed by atoms with Crippen molar-refractivity contribution in [2.45, 2.75) is 32.2 Å². The fourth-order valence-corrected chi connectivity index (χ4v) is 2.96. The maximum atomic E-state index is 5.24. The largest absolute Gasteiger partial charge is 0.497 e. The Morgan fingerprint density at radius 1 is 1.32 bits per heavy atom. The number of rotatable bonds is 4. The fourth-order valence-electron chi connectivity index (χ4n) is 2.96. The molecule has 1 saturated heterocycles.